The van der Waals surface area contributed by atoms with Crippen LogP contribution < -0.4 is 11.1 Å². The largest absolute Gasteiger partial charge is 0.440 e. The van der Waals surface area contributed by atoms with E-state index in [9.17, 15) is 9.18 Å². The molecule has 0 spiro atoms. The Bertz CT molecular complexity index is 985. The summed E-state index contributed by atoms with van der Waals surface area (Å²) in [6.45, 7) is 14.0. The average Bonchev–Trinajstić information content (AvgIpc) is 2.93. The third-order valence-corrected chi connectivity index (χ3v) is 5.06. The predicted molar refractivity (Wildman–Crippen MR) is 127 cm³/mol. The van der Waals surface area contributed by atoms with Gasteiger partial charge in [-0.05, 0) is 51.9 Å². The van der Waals surface area contributed by atoms with Gasteiger partial charge in [0, 0.05) is 25.3 Å². The van der Waals surface area contributed by atoms with E-state index >= 15 is 0 Å². The van der Waals surface area contributed by atoms with Gasteiger partial charge < -0.3 is 20.4 Å². The predicted octanol–water partition coefficient (Wildman–Crippen LogP) is 4.86. The van der Waals surface area contributed by atoms with Crippen LogP contribution in [-0.4, -0.2) is 42.0 Å². The number of primary amides is 1. The van der Waals surface area contributed by atoms with E-state index in [4.69, 9.17) is 21.8 Å². The van der Waals surface area contributed by atoms with Gasteiger partial charge in [-0.3, -0.25) is 4.79 Å². The number of aryl methyl sites for hydroxylation is 1. The van der Waals surface area contributed by atoms with Crippen molar-refractivity contribution in [1.82, 2.24) is 15.2 Å². The first kappa shape index (κ1) is 25.4. The summed E-state index contributed by atoms with van der Waals surface area (Å²) in [6, 6.07) is 4.19. The minimum Gasteiger partial charge on any atom is -0.440 e. The average molecular weight is 461 g/mol. The SMILES string of the molecule is C=C(C)/C=C\C(=C/C)N1CCCNCC1.Cc1oc(-c2c(F)cccc2Cl)nc1C(N)=O. The van der Waals surface area contributed by atoms with Crippen LogP contribution in [0.5, 0.6) is 0 Å². The van der Waals surface area contributed by atoms with Gasteiger partial charge in [0.25, 0.3) is 5.91 Å². The molecule has 1 saturated heterocycles. The molecule has 8 heteroatoms. The number of rotatable bonds is 5. The number of halogens is 2. The van der Waals surface area contributed by atoms with E-state index in [2.05, 4.69) is 46.9 Å². The Morgan fingerprint density at radius 1 is 1.34 bits per heavy atom. The van der Waals surface area contributed by atoms with Crippen LogP contribution >= 0.6 is 11.6 Å². The van der Waals surface area contributed by atoms with E-state index in [-0.39, 0.29) is 27.9 Å². The minimum atomic E-state index is -0.732. The van der Waals surface area contributed by atoms with Crippen LogP contribution in [0.25, 0.3) is 11.5 Å². The number of carbonyl (C=O) groups is 1. The van der Waals surface area contributed by atoms with E-state index in [0.29, 0.717) is 0 Å². The Labute approximate surface area is 193 Å². The van der Waals surface area contributed by atoms with Gasteiger partial charge in [-0.2, -0.15) is 0 Å². The summed E-state index contributed by atoms with van der Waals surface area (Å²) in [4.78, 5) is 17.3. The molecule has 0 aliphatic carbocycles. The third kappa shape index (κ3) is 7.07. The molecule has 1 aromatic heterocycles. The fourth-order valence-corrected chi connectivity index (χ4v) is 3.39. The number of benzene rings is 1. The summed E-state index contributed by atoms with van der Waals surface area (Å²) in [7, 11) is 0. The van der Waals surface area contributed by atoms with Crippen molar-refractivity contribution in [2.45, 2.75) is 27.2 Å². The number of allylic oxidation sites excluding steroid dienone is 4. The van der Waals surface area contributed by atoms with E-state index in [1.165, 1.54) is 37.2 Å². The quantitative estimate of drug-likeness (QED) is 0.622. The van der Waals surface area contributed by atoms with Crippen LogP contribution in [0.1, 0.15) is 36.5 Å². The zero-order valence-electron chi connectivity index (χ0n) is 18.8. The van der Waals surface area contributed by atoms with Crippen molar-refractivity contribution in [3.63, 3.8) is 0 Å². The molecule has 32 heavy (non-hydrogen) atoms. The zero-order valence-corrected chi connectivity index (χ0v) is 19.5. The maximum Gasteiger partial charge on any atom is 0.270 e. The van der Waals surface area contributed by atoms with Crippen LogP contribution in [0, 0.1) is 12.7 Å². The lowest BCUT2D eigenvalue weighted by atomic mass is 10.2. The lowest BCUT2D eigenvalue weighted by Crippen LogP contribution is -2.26. The summed E-state index contributed by atoms with van der Waals surface area (Å²) < 4.78 is 18.8. The standard InChI is InChI=1S/C13H22N2.C11H8ClFN2O2/c1-4-13(7-6-12(2)3)15-10-5-8-14-9-11-15;1-5-9(10(14)16)15-11(17-5)8-6(12)3-2-4-7(8)13/h4,6-7,14H,2,5,8-11H2,1,3H3;2-4H,1H3,(H2,14,16)/b7-6-,13-4+;. The monoisotopic (exact) mass is 460 g/mol. The Morgan fingerprint density at radius 2 is 2.09 bits per heavy atom. The van der Waals surface area contributed by atoms with Crippen LogP contribution in [0.4, 0.5) is 4.39 Å². The second kappa shape index (κ2) is 12.2. The Kier molecular flexibility index (Phi) is 9.68. The zero-order chi connectivity index (χ0) is 23.7. The number of nitrogens with one attached hydrogen (secondary N) is 1. The second-order valence-corrected chi connectivity index (χ2v) is 7.78. The molecule has 1 aromatic carbocycles. The van der Waals surface area contributed by atoms with Crippen LogP contribution in [-0.2, 0) is 0 Å². The molecule has 0 atom stereocenters. The van der Waals surface area contributed by atoms with E-state index < -0.39 is 11.7 Å². The van der Waals surface area contributed by atoms with Crippen molar-refractivity contribution in [1.29, 1.82) is 0 Å². The Balaban J connectivity index is 0.000000229. The number of amides is 1. The van der Waals surface area contributed by atoms with E-state index in [0.717, 1.165) is 31.8 Å². The van der Waals surface area contributed by atoms with Crippen molar-refractivity contribution in [2.24, 2.45) is 5.73 Å². The van der Waals surface area contributed by atoms with Gasteiger partial charge in [-0.25, -0.2) is 9.37 Å². The van der Waals surface area contributed by atoms with Gasteiger partial charge >= 0.3 is 0 Å². The topological polar surface area (TPSA) is 84.4 Å². The number of nitrogens with zero attached hydrogens (tertiary/aromatic N) is 2. The van der Waals surface area contributed by atoms with Crippen molar-refractivity contribution >= 4 is 17.5 Å². The molecule has 3 rings (SSSR count). The highest BCUT2D eigenvalue weighted by Crippen LogP contribution is 2.30. The maximum absolute atomic E-state index is 13.6. The molecule has 0 saturated carbocycles. The molecule has 0 unspecified atom stereocenters. The first-order valence-electron chi connectivity index (χ1n) is 10.4. The van der Waals surface area contributed by atoms with Gasteiger partial charge in [-0.1, -0.05) is 42.0 Å². The third-order valence-electron chi connectivity index (χ3n) is 4.75. The molecule has 1 amide bonds. The van der Waals surface area contributed by atoms with Crippen LogP contribution in [0.2, 0.25) is 5.02 Å². The fraction of sp³-hybridized carbons (Fsp3) is 0.333. The molecule has 1 fully saturated rings. The van der Waals surface area contributed by atoms with Crippen LogP contribution in [0.3, 0.4) is 0 Å². The molecule has 1 aliphatic heterocycles. The summed E-state index contributed by atoms with van der Waals surface area (Å²) in [5, 5.41) is 3.57. The molecular weight excluding hydrogens is 431 g/mol. The normalized spacial score (nSPS) is 14.7. The first-order chi connectivity index (χ1) is 15.2. The van der Waals surface area contributed by atoms with Gasteiger partial charge in [0.05, 0.1) is 10.6 Å². The number of aromatic nitrogens is 1. The fourth-order valence-electron chi connectivity index (χ4n) is 3.15. The summed E-state index contributed by atoms with van der Waals surface area (Å²) >= 11 is 5.85. The molecule has 0 radical (unpaired) electrons. The smallest absolute Gasteiger partial charge is 0.270 e. The van der Waals surface area contributed by atoms with Crippen molar-refractivity contribution < 1.29 is 13.6 Å². The van der Waals surface area contributed by atoms with Gasteiger partial charge in [0.15, 0.2) is 5.69 Å². The molecule has 2 heterocycles. The van der Waals surface area contributed by atoms with Gasteiger partial charge in [0.2, 0.25) is 5.89 Å². The highest BCUT2D eigenvalue weighted by Gasteiger charge is 2.20. The Hall–Kier alpha value is -2.90. The van der Waals surface area contributed by atoms with Crippen LogP contribution in [0.15, 0.2) is 58.7 Å². The van der Waals surface area contributed by atoms with E-state index in [1.54, 1.807) is 0 Å². The number of nitrogens with two attached hydrogens (primary N) is 1. The molecule has 1 aliphatic rings. The Morgan fingerprint density at radius 3 is 2.69 bits per heavy atom. The summed E-state index contributed by atoms with van der Waals surface area (Å²) in [5.41, 5.74) is 7.49. The lowest BCUT2D eigenvalue weighted by molar-refractivity contribution is 0.0994. The van der Waals surface area contributed by atoms with Crippen molar-refractivity contribution in [3.8, 4) is 11.5 Å². The van der Waals surface area contributed by atoms with Gasteiger partial charge in [0.1, 0.15) is 11.6 Å². The summed E-state index contributed by atoms with van der Waals surface area (Å²) in [6.07, 6.45) is 7.63. The van der Waals surface area contributed by atoms with Crippen molar-refractivity contribution in [3.05, 3.63) is 76.6 Å². The molecule has 172 valence electrons. The first-order valence-corrected chi connectivity index (χ1v) is 10.8. The molecule has 0 bridgehead atoms. The molecule has 3 N–H and O–H groups in total. The number of carbonyl (C=O) groups excluding carboxylic acids is 1. The van der Waals surface area contributed by atoms with E-state index in [1.807, 2.05) is 6.92 Å². The molecular formula is C24H30ClFN4O2. The second-order valence-electron chi connectivity index (χ2n) is 7.37. The highest BCUT2D eigenvalue weighted by molar-refractivity contribution is 6.33. The van der Waals surface area contributed by atoms with Gasteiger partial charge in [-0.15, -0.1) is 0 Å². The van der Waals surface area contributed by atoms with Crippen molar-refractivity contribution in [2.75, 3.05) is 26.2 Å². The molecule has 6 nitrogen and oxygen atoms in total. The lowest BCUT2D eigenvalue weighted by Gasteiger charge is -2.23. The highest BCUT2D eigenvalue weighted by atomic mass is 35.5. The maximum atomic E-state index is 13.6. The number of hydrogen-bond acceptors (Lipinski definition) is 5. The number of oxazole rings is 1. The summed E-state index contributed by atoms with van der Waals surface area (Å²) in [5.74, 6) is -1.13. The molecule has 2 aromatic rings. The minimum absolute atomic E-state index is 0.0183. The number of hydrogen-bond donors (Lipinski definition) is 2.